The topological polar surface area (TPSA) is 46.9 Å². The maximum atomic E-state index is 13.2. The fraction of sp³-hybridized carbons (Fsp3) is 0.238. The van der Waals surface area contributed by atoms with Gasteiger partial charge in [0.15, 0.2) is 0 Å². The van der Waals surface area contributed by atoms with Crippen LogP contribution in [0.2, 0.25) is 0 Å². The summed E-state index contributed by atoms with van der Waals surface area (Å²) in [6.07, 6.45) is -1.09. The molecule has 146 valence electrons. The standard InChI is InChI=1S/C21H20F3N3O/c1-14-12-25-27(13-14)20(2,3)19(28)26-18-10-9-16(21(22,23)24)11-17(18)15-7-5-4-6-8-15/h4-13H,1-3H3,(H,26,28). The number of nitrogens with one attached hydrogen (secondary N) is 1. The summed E-state index contributed by atoms with van der Waals surface area (Å²) in [4.78, 5) is 12.9. The van der Waals surface area contributed by atoms with E-state index >= 15 is 0 Å². The molecule has 4 nitrogen and oxygen atoms in total. The second-order valence-corrected chi connectivity index (χ2v) is 7.10. The van der Waals surface area contributed by atoms with Crippen LogP contribution >= 0.6 is 0 Å². The van der Waals surface area contributed by atoms with E-state index < -0.39 is 17.3 Å². The Morgan fingerprint density at radius 3 is 2.32 bits per heavy atom. The summed E-state index contributed by atoms with van der Waals surface area (Å²) in [6.45, 7) is 5.25. The number of carbonyl (C=O) groups is 1. The van der Waals surface area contributed by atoms with E-state index in [1.54, 1.807) is 56.6 Å². The first-order valence-corrected chi connectivity index (χ1v) is 8.69. The average molecular weight is 387 g/mol. The minimum absolute atomic E-state index is 0.302. The minimum Gasteiger partial charge on any atom is -0.323 e. The number of rotatable bonds is 4. The van der Waals surface area contributed by atoms with E-state index in [0.717, 1.165) is 17.7 Å². The van der Waals surface area contributed by atoms with Crippen molar-refractivity contribution in [1.82, 2.24) is 9.78 Å². The lowest BCUT2D eigenvalue weighted by atomic mass is 9.99. The van der Waals surface area contributed by atoms with E-state index in [0.29, 0.717) is 16.8 Å². The predicted octanol–water partition coefficient (Wildman–Crippen LogP) is 5.25. The molecule has 0 radical (unpaired) electrons. The number of nitrogens with zero attached hydrogens (tertiary/aromatic N) is 2. The fourth-order valence-electron chi connectivity index (χ4n) is 2.78. The van der Waals surface area contributed by atoms with E-state index in [9.17, 15) is 18.0 Å². The van der Waals surface area contributed by atoms with Crippen molar-refractivity contribution in [2.24, 2.45) is 0 Å². The molecule has 0 aliphatic rings. The van der Waals surface area contributed by atoms with Crippen molar-refractivity contribution < 1.29 is 18.0 Å². The summed E-state index contributed by atoms with van der Waals surface area (Å²) >= 11 is 0. The van der Waals surface area contributed by atoms with Gasteiger partial charge in [-0.2, -0.15) is 18.3 Å². The number of hydrogen-bond acceptors (Lipinski definition) is 2. The van der Waals surface area contributed by atoms with Crippen molar-refractivity contribution in [2.75, 3.05) is 5.32 Å². The van der Waals surface area contributed by atoms with E-state index in [4.69, 9.17) is 0 Å². The summed E-state index contributed by atoms with van der Waals surface area (Å²) in [6, 6.07) is 11.9. The van der Waals surface area contributed by atoms with E-state index in [1.807, 2.05) is 6.92 Å². The quantitative estimate of drug-likeness (QED) is 0.665. The number of aryl methyl sites for hydroxylation is 1. The maximum absolute atomic E-state index is 13.2. The van der Waals surface area contributed by atoms with Crippen LogP contribution in [0.3, 0.4) is 0 Å². The van der Waals surface area contributed by atoms with Gasteiger partial charge in [-0.15, -0.1) is 0 Å². The van der Waals surface area contributed by atoms with Crippen LogP contribution in [0.5, 0.6) is 0 Å². The van der Waals surface area contributed by atoms with Gasteiger partial charge in [0.25, 0.3) is 5.91 Å². The number of aromatic nitrogens is 2. The first-order valence-electron chi connectivity index (χ1n) is 8.69. The SMILES string of the molecule is Cc1cnn(C(C)(C)C(=O)Nc2ccc(C(F)(F)F)cc2-c2ccccc2)c1. The van der Waals surface area contributed by atoms with Crippen LogP contribution in [0.4, 0.5) is 18.9 Å². The zero-order valence-electron chi connectivity index (χ0n) is 15.7. The third-order valence-electron chi connectivity index (χ3n) is 4.52. The highest BCUT2D eigenvalue weighted by Gasteiger charge is 2.33. The number of benzene rings is 2. The van der Waals surface area contributed by atoms with Gasteiger partial charge >= 0.3 is 6.18 Å². The smallest absolute Gasteiger partial charge is 0.323 e. The molecule has 3 aromatic rings. The third-order valence-corrected chi connectivity index (χ3v) is 4.52. The molecule has 1 amide bonds. The maximum Gasteiger partial charge on any atom is 0.416 e. The summed E-state index contributed by atoms with van der Waals surface area (Å²) < 4.78 is 41.1. The summed E-state index contributed by atoms with van der Waals surface area (Å²) in [5, 5.41) is 6.95. The Bertz CT molecular complexity index is 992. The van der Waals surface area contributed by atoms with Crippen molar-refractivity contribution in [3.8, 4) is 11.1 Å². The molecule has 1 aromatic heterocycles. The van der Waals surface area contributed by atoms with Crippen molar-refractivity contribution in [2.45, 2.75) is 32.5 Å². The van der Waals surface area contributed by atoms with Crippen LogP contribution in [-0.4, -0.2) is 15.7 Å². The molecule has 0 saturated heterocycles. The Morgan fingerprint density at radius 1 is 1.07 bits per heavy atom. The highest BCUT2D eigenvalue weighted by molar-refractivity contribution is 5.99. The van der Waals surface area contributed by atoms with Crippen LogP contribution in [0.1, 0.15) is 25.0 Å². The van der Waals surface area contributed by atoms with Gasteiger partial charge in [-0.3, -0.25) is 9.48 Å². The van der Waals surface area contributed by atoms with Gasteiger partial charge in [-0.05, 0) is 50.1 Å². The predicted molar refractivity (Wildman–Crippen MR) is 102 cm³/mol. The zero-order chi connectivity index (χ0) is 20.5. The molecular weight excluding hydrogens is 367 g/mol. The molecule has 0 atom stereocenters. The molecule has 0 aliphatic carbocycles. The zero-order valence-corrected chi connectivity index (χ0v) is 15.7. The lowest BCUT2D eigenvalue weighted by molar-refractivity contribution is -0.137. The Balaban J connectivity index is 2.00. The molecule has 7 heteroatoms. The summed E-state index contributed by atoms with van der Waals surface area (Å²) in [5.74, 6) is -0.382. The molecule has 3 rings (SSSR count). The molecule has 0 fully saturated rings. The number of alkyl halides is 3. The molecule has 1 heterocycles. The Labute approximate surface area is 161 Å². The second-order valence-electron chi connectivity index (χ2n) is 7.10. The Morgan fingerprint density at radius 2 is 1.75 bits per heavy atom. The largest absolute Gasteiger partial charge is 0.416 e. The van der Waals surface area contributed by atoms with Crippen molar-refractivity contribution in [1.29, 1.82) is 0 Å². The first-order chi connectivity index (χ1) is 13.1. The first kappa shape index (κ1) is 19.7. The monoisotopic (exact) mass is 387 g/mol. The highest BCUT2D eigenvalue weighted by Crippen LogP contribution is 2.36. The number of hydrogen-bond donors (Lipinski definition) is 1. The average Bonchev–Trinajstić information content (AvgIpc) is 3.09. The molecule has 0 unspecified atom stereocenters. The second kappa shape index (κ2) is 7.14. The van der Waals surface area contributed by atoms with E-state index in [1.165, 1.54) is 10.7 Å². The van der Waals surface area contributed by atoms with Crippen molar-refractivity contribution >= 4 is 11.6 Å². The van der Waals surface area contributed by atoms with Gasteiger partial charge in [0.2, 0.25) is 0 Å². The van der Waals surface area contributed by atoms with E-state index in [-0.39, 0.29) is 5.91 Å². The lowest BCUT2D eigenvalue weighted by Gasteiger charge is -2.25. The molecule has 0 saturated carbocycles. The normalized spacial score (nSPS) is 12.1. The van der Waals surface area contributed by atoms with Gasteiger partial charge in [0.05, 0.1) is 11.8 Å². The summed E-state index contributed by atoms with van der Waals surface area (Å²) in [7, 11) is 0. The molecular formula is C21H20F3N3O. The van der Waals surface area contributed by atoms with Gasteiger partial charge in [-0.25, -0.2) is 0 Å². The number of carbonyl (C=O) groups excluding carboxylic acids is 1. The van der Waals surface area contributed by atoms with Gasteiger partial charge in [-0.1, -0.05) is 30.3 Å². The van der Waals surface area contributed by atoms with Crippen LogP contribution in [0.25, 0.3) is 11.1 Å². The highest BCUT2D eigenvalue weighted by atomic mass is 19.4. The lowest BCUT2D eigenvalue weighted by Crippen LogP contribution is -2.40. The number of amides is 1. The Hall–Kier alpha value is -3.09. The van der Waals surface area contributed by atoms with Gasteiger partial charge in [0.1, 0.15) is 5.54 Å². The third kappa shape index (κ3) is 3.93. The molecule has 2 aromatic carbocycles. The van der Waals surface area contributed by atoms with Crippen molar-refractivity contribution in [3.05, 3.63) is 72.1 Å². The van der Waals surface area contributed by atoms with Crippen LogP contribution in [0, 0.1) is 6.92 Å². The number of halogens is 3. The van der Waals surface area contributed by atoms with Crippen molar-refractivity contribution in [3.63, 3.8) is 0 Å². The van der Waals surface area contributed by atoms with Gasteiger partial charge in [0, 0.05) is 17.4 Å². The summed E-state index contributed by atoms with van der Waals surface area (Å²) in [5.41, 5.74) is 0.297. The molecule has 28 heavy (non-hydrogen) atoms. The minimum atomic E-state index is -4.47. The molecule has 0 bridgehead atoms. The Kier molecular flexibility index (Phi) is 5.02. The van der Waals surface area contributed by atoms with E-state index in [2.05, 4.69) is 10.4 Å². The van der Waals surface area contributed by atoms with Crippen LogP contribution in [0.15, 0.2) is 60.9 Å². The molecule has 1 N–H and O–H groups in total. The molecule has 0 aliphatic heterocycles. The molecule has 0 spiro atoms. The number of anilines is 1. The van der Waals surface area contributed by atoms with Gasteiger partial charge < -0.3 is 5.32 Å². The van der Waals surface area contributed by atoms with Crippen LogP contribution < -0.4 is 5.32 Å². The fourth-order valence-corrected chi connectivity index (χ4v) is 2.78. The van der Waals surface area contributed by atoms with Crippen LogP contribution in [-0.2, 0) is 16.5 Å².